The van der Waals surface area contributed by atoms with E-state index in [2.05, 4.69) is 25.9 Å². The Kier molecular flexibility index (Phi) is 5.09. The van der Waals surface area contributed by atoms with Crippen LogP contribution in [0.2, 0.25) is 0 Å². The first-order valence-corrected chi connectivity index (χ1v) is 10.7. The van der Waals surface area contributed by atoms with Crippen LogP contribution in [0, 0.1) is 5.92 Å². The number of amides is 1. The van der Waals surface area contributed by atoms with Crippen LogP contribution in [0.5, 0.6) is 0 Å². The van der Waals surface area contributed by atoms with Gasteiger partial charge in [0.15, 0.2) is 5.13 Å². The highest BCUT2D eigenvalue weighted by molar-refractivity contribution is 9.10. The first-order chi connectivity index (χ1) is 12.7. The molecular formula is C19H21BrN4OS. The molecule has 5 nitrogen and oxygen atoms in total. The molecule has 3 heterocycles. The second-order valence-corrected chi connectivity index (χ2v) is 8.51. The van der Waals surface area contributed by atoms with E-state index in [4.69, 9.17) is 4.98 Å². The molecule has 1 fully saturated rings. The van der Waals surface area contributed by atoms with Crippen LogP contribution in [0.3, 0.4) is 0 Å². The Morgan fingerprint density at radius 3 is 3.00 bits per heavy atom. The smallest absolute Gasteiger partial charge is 0.229 e. The first-order valence-electron chi connectivity index (χ1n) is 9.04. The van der Waals surface area contributed by atoms with Gasteiger partial charge in [-0.15, -0.1) is 11.3 Å². The minimum absolute atomic E-state index is 0.198. The molecule has 7 heteroatoms. The van der Waals surface area contributed by atoms with Crippen molar-refractivity contribution in [3.8, 4) is 11.3 Å². The predicted octanol–water partition coefficient (Wildman–Crippen LogP) is 5.38. The topological polar surface area (TPSA) is 61.9 Å². The molecule has 1 saturated carbocycles. The van der Waals surface area contributed by atoms with Gasteiger partial charge >= 0.3 is 0 Å². The number of thiazole rings is 1. The van der Waals surface area contributed by atoms with Gasteiger partial charge < -0.3 is 4.98 Å². The lowest BCUT2D eigenvalue weighted by Gasteiger charge is -2.19. The highest BCUT2D eigenvalue weighted by Gasteiger charge is 2.24. The van der Waals surface area contributed by atoms with Gasteiger partial charge in [0, 0.05) is 46.2 Å². The zero-order valence-corrected chi connectivity index (χ0v) is 17.1. The summed E-state index contributed by atoms with van der Waals surface area (Å²) in [5, 5.41) is 3.82. The van der Waals surface area contributed by atoms with Crippen molar-refractivity contribution in [3.05, 3.63) is 28.3 Å². The lowest BCUT2D eigenvalue weighted by molar-refractivity contribution is -0.119. The summed E-state index contributed by atoms with van der Waals surface area (Å²) < 4.78 is 0.934. The van der Waals surface area contributed by atoms with E-state index in [1.54, 1.807) is 6.20 Å². The summed E-state index contributed by atoms with van der Waals surface area (Å²) in [6.07, 6.45) is 9.24. The largest absolute Gasteiger partial charge is 0.345 e. The summed E-state index contributed by atoms with van der Waals surface area (Å²) in [6.45, 7) is 2.67. The van der Waals surface area contributed by atoms with E-state index in [1.807, 2.05) is 29.5 Å². The molecule has 1 aliphatic rings. The molecule has 1 N–H and O–H groups in total. The second kappa shape index (κ2) is 7.48. The van der Waals surface area contributed by atoms with Gasteiger partial charge in [0.2, 0.25) is 5.91 Å². The summed E-state index contributed by atoms with van der Waals surface area (Å²) in [5.41, 5.74) is 2.72. The Hall–Kier alpha value is -1.73. The third-order valence-corrected chi connectivity index (χ3v) is 6.35. The van der Waals surface area contributed by atoms with Crippen LogP contribution in [0.15, 0.2) is 28.3 Å². The fourth-order valence-corrected chi connectivity index (χ4v) is 4.93. The van der Waals surface area contributed by atoms with E-state index in [0.717, 1.165) is 31.9 Å². The van der Waals surface area contributed by atoms with Gasteiger partial charge in [-0.25, -0.2) is 9.97 Å². The average molecular weight is 433 g/mol. The minimum Gasteiger partial charge on any atom is -0.345 e. The number of aromatic amines is 1. The molecule has 0 radical (unpaired) electrons. The highest BCUT2D eigenvalue weighted by Crippen LogP contribution is 2.34. The zero-order chi connectivity index (χ0) is 18.1. The third-order valence-electron chi connectivity index (χ3n) is 5.05. The molecule has 3 aromatic heterocycles. The van der Waals surface area contributed by atoms with Gasteiger partial charge in [0.25, 0.3) is 0 Å². The van der Waals surface area contributed by atoms with Crippen LogP contribution < -0.4 is 4.90 Å². The molecule has 1 amide bonds. The highest BCUT2D eigenvalue weighted by atomic mass is 79.9. The Morgan fingerprint density at radius 2 is 2.23 bits per heavy atom. The van der Waals surface area contributed by atoms with Crippen molar-refractivity contribution < 1.29 is 4.79 Å². The monoisotopic (exact) mass is 432 g/mol. The van der Waals surface area contributed by atoms with Crippen LogP contribution in [0.25, 0.3) is 22.3 Å². The standard InChI is InChI=1S/C19H21BrN4OS/c1-2-24(17(25)7-12-5-3-4-6-12)19-23-16(11-26-19)15-10-22-18-14(15)8-13(20)9-21-18/h8-12H,2-7H2,1H3,(H,21,22). The number of nitrogens with one attached hydrogen (secondary N) is 1. The number of fused-ring (bicyclic) bond motifs is 1. The van der Waals surface area contributed by atoms with Gasteiger partial charge in [0.1, 0.15) is 5.65 Å². The lowest BCUT2D eigenvalue weighted by Crippen LogP contribution is -2.31. The predicted molar refractivity (Wildman–Crippen MR) is 110 cm³/mol. The van der Waals surface area contributed by atoms with Crippen LogP contribution in [0.1, 0.15) is 39.0 Å². The molecule has 26 heavy (non-hydrogen) atoms. The van der Waals surface area contributed by atoms with E-state index < -0.39 is 0 Å². The molecule has 0 spiro atoms. The fraction of sp³-hybridized carbons (Fsp3) is 0.421. The third kappa shape index (κ3) is 3.42. The van der Waals surface area contributed by atoms with Crippen molar-refractivity contribution in [1.29, 1.82) is 0 Å². The van der Waals surface area contributed by atoms with Crippen molar-refractivity contribution >= 4 is 49.3 Å². The molecule has 4 rings (SSSR count). The maximum absolute atomic E-state index is 12.8. The van der Waals surface area contributed by atoms with Gasteiger partial charge in [-0.1, -0.05) is 12.8 Å². The SMILES string of the molecule is CCN(C(=O)CC1CCCC1)c1nc(-c2c[nH]c3ncc(Br)cc23)cs1. The number of hydrogen-bond acceptors (Lipinski definition) is 4. The van der Waals surface area contributed by atoms with Crippen LogP contribution in [-0.2, 0) is 4.79 Å². The van der Waals surface area contributed by atoms with Gasteiger partial charge in [-0.3, -0.25) is 9.69 Å². The molecule has 1 aliphatic carbocycles. The molecule has 0 saturated heterocycles. The maximum Gasteiger partial charge on any atom is 0.229 e. The summed E-state index contributed by atoms with van der Waals surface area (Å²) in [7, 11) is 0. The van der Waals surface area contributed by atoms with Crippen molar-refractivity contribution in [3.63, 3.8) is 0 Å². The summed E-state index contributed by atoms with van der Waals surface area (Å²) in [6, 6.07) is 2.04. The van der Waals surface area contributed by atoms with Crippen LogP contribution >= 0.6 is 27.3 Å². The number of hydrogen-bond donors (Lipinski definition) is 1. The Morgan fingerprint density at radius 1 is 1.42 bits per heavy atom. The van der Waals surface area contributed by atoms with Crippen LogP contribution in [0.4, 0.5) is 5.13 Å². The Balaban J connectivity index is 1.59. The summed E-state index contributed by atoms with van der Waals surface area (Å²) in [5.74, 6) is 0.747. The number of aromatic nitrogens is 3. The van der Waals surface area contributed by atoms with E-state index in [-0.39, 0.29) is 5.91 Å². The van der Waals surface area contributed by atoms with Gasteiger partial charge in [0.05, 0.1) is 5.69 Å². The second-order valence-electron chi connectivity index (χ2n) is 6.76. The number of pyridine rings is 1. The quantitative estimate of drug-likeness (QED) is 0.588. The lowest BCUT2D eigenvalue weighted by atomic mass is 10.0. The minimum atomic E-state index is 0.198. The number of anilines is 1. The van der Waals surface area contributed by atoms with Crippen molar-refractivity contribution in [2.24, 2.45) is 5.92 Å². The normalized spacial score (nSPS) is 15.0. The maximum atomic E-state index is 12.8. The van der Waals surface area contributed by atoms with E-state index in [9.17, 15) is 4.79 Å². The molecule has 0 unspecified atom stereocenters. The summed E-state index contributed by atoms with van der Waals surface area (Å²) in [4.78, 5) is 26.9. The van der Waals surface area contributed by atoms with Crippen molar-refractivity contribution in [2.75, 3.05) is 11.4 Å². The van der Waals surface area contributed by atoms with Crippen LogP contribution in [-0.4, -0.2) is 27.4 Å². The Bertz CT molecular complexity index is 929. The first kappa shape index (κ1) is 17.7. The number of H-pyrrole nitrogens is 1. The van der Waals surface area contributed by atoms with Gasteiger partial charge in [-0.05, 0) is 47.7 Å². The van der Waals surface area contributed by atoms with E-state index in [1.165, 1.54) is 37.0 Å². The molecule has 136 valence electrons. The van der Waals surface area contributed by atoms with Crippen molar-refractivity contribution in [1.82, 2.24) is 15.0 Å². The number of carbonyl (C=O) groups is 1. The number of rotatable bonds is 5. The van der Waals surface area contributed by atoms with E-state index in [0.29, 0.717) is 18.9 Å². The fourth-order valence-electron chi connectivity index (χ4n) is 3.69. The van der Waals surface area contributed by atoms with Crippen molar-refractivity contribution in [2.45, 2.75) is 39.0 Å². The van der Waals surface area contributed by atoms with Gasteiger partial charge in [-0.2, -0.15) is 0 Å². The molecule has 3 aromatic rings. The molecule has 0 atom stereocenters. The average Bonchev–Trinajstić information content (AvgIpc) is 3.35. The number of carbonyl (C=O) groups excluding carboxylic acids is 1. The summed E-state index contributed by atoms with van der Waals surface area (Å²) >= 11 is 5.00. The molecule has 0 aliphatic heterocycles. The zero-order valence-electron chi connectivity index (χ0n) is 14.7. The number of nitrogens with zero attached hydrogens (tertiary/aromatic N) is 3. The Labute approximate surface area is 165 Å². The molecule has 0 bridgehead atoms. The van der Waals surface area contributed by atoms with E-state index >= 15 is 0 Å². The molecule has 0 aromatic carbocycles. The number of halogens is 1. The molecular weight excluding hydrogens is 412 g/mol.